The van der Waals surface area contributed by atoms with Crippen molar-refractivity contribution in [1.82, 2.24) is 10.2 Å². The van der Waals surface area contributed by atoms with Crippen molar-refractivity contribution in [3.05, 3.63) is 59.1 Å². The predicted molar refractivity (Wildman–Crippen MR) is 151 cm³/mol. The van der Waals surface area contributed by atoms with E-state index in [1.165, 1.54) is 17.8 Å². The Kier molecular flexibility index (Phi) is 10.8. The largest absolute Gasteiger partial charge is 0.495 e. The highest BCUT2D eigenvalue weighted by Gasteiger charge is 2.28. The summed E-state index contributed by atoms with van der Waals surface area (Å²) in [6, 6.07) is 13.5. The number of sulfonamides is 1. The van der Waals surface area contributed by atoms with Gasteiger partial charge in [-0.1, -0.05) is 55.1 Å². The van der Waals surface area contributed by atoms with Crippen molar-refractivity contribution in [3.8, 4) is 5.75 Å². The van der Waals surface area contributed by atoms with Gasteiger partial charge in [0, 0.05) is 30.6 Å². The summed E-state index contributed by atoms with van der Waals surface area (Å²) in [6.45, 7) is 2.05. The number of nitrogens with zero attached hydrogens (tertiary/aromatic N) is 2. The second-order valence-electron chi connectivity index (χ2n) is 9.78. The Morgan fingerprint density at radius 3 is 2.47 bits per heavy atom. The van der Waals surface area contributed by atoms with Gasteiger partial charge in [-0.3, -0.25) is 13.9 Å². The van der Waals surface area contributed by atoms with Crippen LogP contribution in [0.4, 0.5) is 5.69 Å². The summed E-state index contributed by atoms with van der Waals surface area (Å²) in [5, 5.41) is 3.67. The van der Waals surface area contributed by atoms with Gasteiger partial charge in [-0.2, -0.15) is 0 Å². The third-order valence-corrected chi connectivity index (χ3v) is 8.28. The first kappa shape index (κ1) is 29.8. The third kappa shape index (κ3) is 8.36. The zero-order chi connectivity index (χ0) is 27.7. The van der Waals surface area contributed by atoms with Crippen LogP contribution in [-0.2, 0) is 26.2 Å². The highest BCUT2D eigenvalue weighted by atomic mass is 35.5. The van der Waals surface area contributed by atoms with Crippen LogP contribution < -0.4 is 14.4 Å². The molecule has 3 rings (SSSR count). The molecular weight excluding hydrogens is 526 g/mol. The van der Waals surface area contributed by atoms with Crippen molar-refractivity contribution >= 4 is 39.1 Å². The molecule has 0 bridgehead atoms. The van der Waals surface area contributed by atoms with E-state index in [9.17, 15) is 18.0 Å². The standard InChI is InChI=1S/C28H38ClN3O5S/c1-21(28(34)30-24-13-5-4-6-14-24)31(20-22-11-9-12-23(29)19-22)27(33)17-10-18-32(38(3,35)36)25-15-7-8-16-26(25)37-2/h7-9,11-12,15-16,19,21,24H,4-6,10,13-14,17-18,20H2,1-3H3,(H,30,34)/t21-/m0/s1. The summed E-state index contributed by atoms with van der Waals surface area (Å²) in [4.78, 5) is 28.2. The van der Waals surface area contributed by atoms with E-state index in [2.05, 4.69) is 5.32 Å². The first-order chi connectivity index (χ1) is 18.1. The average molecular weight is 564 g/mol. The van der Waals surface area contributed by atoms with Gasteiger partial charge in [-0.15, -0.1) is 0 Å². The summed E-state index contributed by atoms with van der Waals surface area (Å²) in [5.74, 6) is 0.0173. The number of carbonyl (C=O) groups is 2. The lowest BCUT2D eigenvalue weighted by atomic mass is 9.95. The Morgan fingerprint density at radius 2 is 1.82 bits per heavy atom. The molecule has 0 unspecified atom stereocenters. The molecule has 1 atom stereocenters. The maximum atomic E-state index is 13.5. The summed E-state index contributed by atoms with van der Waals surface area (Å²) in [6.07, 6.45) is 6.73. The Morgan fingerprint density at radius 1 is 1.11 bits per heavy atom. The van der Waals surface area contributed by atoms with Crippen LogP contribution in [0.5, 0.6) is 5.75 Å². The van der Waals surface area contributed by atoms with Crippen LogP contribution in [0.3, 0.4) is 0 Å². The number of amides is 2. The Hall–Kier alpha value is -2.78. The Balaban J connectivity index is 1.73. The monoisotopic (exact) mass is 563 g/mol. The molecule has 1 saturated carbocycles. The second-order valence-corrected chi connectivity index (χ2v) is 12.1. The van der Waals surface area contributed by atoms with E-state index in [4.69, 9.17) is 16.3 Å². The lowest BCUT2D eigenvalue weighted by Gasteiger charge is -2.31. The zero-order valence-electron chi connectivity index (χ0n) is 22.4. The van der Waals surface area contributed by atoms with Crippen LogP contribution in [0, 0.1) is 0 Å². The van der Waals surface area contributed by atoms with Gasteiger partial charge >= 0.3 is 0 Å². The lowest BCUT2D eigenvalue weighted by Crippen LogP contribution is -2.50. The van der Waals surface area contributed by atoms with Crippen molar-refractivity contribution in [1.29, 1.82) is 0 Å². The van der Waals surface area contributed by atoms with E-state index >= 15 is 0 Å². The van der Waals surface area contributed by atoms with Crippen LogP contribution in [0.2, 0.25) is 5.02 Å². The minimum atomic E-state index is -3.62. The Bertz CT molecular complexity index is 1200. The van der Waals surface area contributed by atoms with Gasteiger partial charge in [0.05, 0.1) is 19.1 Å². The minimum Gasteiger partial charge on any atom is -0.495 e. The van der Waals surface area contributed by atoms with Crippen molar-refractivity contribution in [2.24, 2.45) is 0 Å². The fraction of sp³-hybridized carbons (Fsp3) is 0.500. The Labute approximate surface area is 231 Å². The van der Waals surface area contributed by atoms with Gasteiger partial charge in [-0.25, -0.2) is 8.42 Å². The average Bonchev–Trinajstić information content (AvgIpc) is 2.89. The minimum absolute atomic E-state index is 0.0722. The maximum absolute atomic E-state index is 13.5. The summed E-state index contributed by atoms with van der Waals surface area (Å²) in [7, 11) is -2.14. The summed E-state index contributed by atoms with van der Waals surface area (Å²) >= 11 is 6.17. The molecule has 2 amide bonds. The molecule has 208 valence electrons. The normalized spacial score (nSPS) is 14.9. The topological polar surface area (TPSA) is 96.0 Å². The molecule has 0 aromatic heterocycles. The number of nitrogens with one attached hydrogen (secondary N) is 1. The van der Waals surface area contributed by atoms with Gasteiger partial charge in [0.2, 0.25) is 21.8 Å². The number of methoxy groups -OCH3 is 1. The molecule has 1 fully saturated rings. The lowest BCUT2D eigenvalue weighted by molar-refractivity contribution is -0.141. The van der Waals surface area contributed by atoms with Crippen LogP contribution in [-0.4, -0.2) is 57.1 Å². The molecule has 2 aromatic carbocycles. The molecule has 2 aromatic rings. The van der Waals surface area contributed by atoms with Gasteiger partial charge in [0.15, 0.2) is 0 Å². The van der Waals surface area contributed by atoms with Gasteiger partial charge < -0.3 is 15.0 Å². The van der Waals surface area contributed by atoms with Gasteiger partial charge in [0.1, 0.15) is 11.8 Å². The smallest absolute Gasteiger partial charge is 0.242 e. The van der Waals surface area contributed by atoms with Crippen molar-refractivity contribution < 1.29 is 22.7 Å². The number of carbonyl (C=O) groups excluding carboxylic acids is 2. The molecule has 10 heteroatoms. The number of benzene rings is 2. The van der Waals surface area contributed by atoms with Crippen LogP contribution in [0.25, 0.3) is 0 Å². The van der Waals surface area contributed by atoms with E-state index < -0.39 is 16.1 Å². The zero-order valence-corrected chi connectivity index (χ0v) is 23.9. The van der Waals surface area contributed by atoms with Crippen molar-refractivity contribution in [2.75, 3.05) is 24.2 Å². The van der Waals surface area contributed by atoms with Crippen molar-refractivity contribution in [3.63, 3.8) is 0 Å². The summed E-state index contributed by atoms with van der Waals surface area (Å²) in [5.41, 5.74) is 1.23. The number of para-hydroxylation sites is 2. The molecular formula is C28H38ClN3O5S. The second kappa shape index (κ2) is 13.8. The number of rotatable bonds is 12. The molecule has 0 heterocycles. The highest BCUT2D eigenvalue weighted by molar-refractivity contribution is 7.92. The van der Waals surface area contributed by atoms with E-state index in [1.54, 1.807) is 48.2 Å². The highest BCUT2D eigenvalue weighted by Crippen LogP contribution is 2.30. The first-order valence-corrected chi connectivity index (χ1v) is 15.3. The third-order valence-electron chi connectivity index (χ3n) is 6.87. The number of hydrogen-bond donors (Lipinski definition) is 1. The first-order valence-electron chi connectivity index (χ1n) is 13.0. The number of anilines is 1. The summed E-state index contributed by atoms with van der Waals surface area (Å²) < 4.78 is 31.8. The van der Waals surface area contributed by atoms with Crippen LogP contribution in [0.15, 0.2) is 48.5 Å². The molecule has 0 saturated heterocycles. The molecule has 1 aliphatic rings. The van der Waals surface area contributed by atoms with Crippen molar-refractivity contribution in [2.45, 2.75) is 70.5 Å². The molecule has 8 nitrogen and oxygen atoms in total. The van der Waals surface area contributed by atoms with Crippen LogP contribution >= 0.6 is 11.6 Å². The quantitative estimate of drug-likeness (QED) is 0.401. The van der Waals surface area contributed by atoms with Crippen LogP contribution in [0.1, 0.15) is 57.4 Å². The molecule has 38 heavy (non-hydrogen) atoms. The molecule has 1 aliphatic carbocycles. The molecule has 0 spiro atoms. The van der Waals surface area contributed by atoms with Gasteiger partial charge in [-0.05, 0) is 56.0 Å². The molecule has 1 N–H and O–H groups in total. The number of ether oxygens (including phenoxy) is 1. The SMILES string of the molecule is COc1ccccc1N(CCCC(=O)N(Cc1cccc(Cl)c1)[C@@H](C)C(=O)NC1CCCCC1)S(C)(=O)=O. The van der Waals surface area contributed by atoms with E-state index in [0.717, 1.165) is 37.5 Å². The maximum Gasteiger partial charge on any atom is 0.242 e. The molecule has 0 aliphatic heterocycles. The number of halogens is 1. The van der Waals surface area contributed by atoms with E-state index in [-0.39, 0.29) is 43.8 Å². The predicted octanol–water partition coefficient (Wildman–Crippen LogP) is 4.76. The van der Waals surface area contributed by atoms with E-state index in [0.29, 0.717) is 16.5 Å². The number of hydrogen-bond acceptors (Lipinski definition) is 5. The fourth-order valence-corrected chi connectivity index (χ4v) is 5.98. The fourth-order valence-electron chi connectivity index (χ4n) is 4.80. The van der Waals surface area contributed by atoms with E-state index in [1.807, 2.05) is 12.1 Å². The molecule has 0 radical (unpaired) electrons. The van der Waals surface area contributed by atoms with Gasteiger partial charge in [0.25, 0.3) is 0 Å².